The van der Waals surface area contributed by atoms with Gasteiger partial charge in [-0.25, -0.2) is 4.79 Å². The number of carbonyl (C=O) groups is 2. The highest BCUT2D eigenvalue weighted by atomic mass is 16.5. The van der Waals surface area contributed by atoms with E-state index in [1.807, 2.05) is 11.0 Å². The second-order valence-corrected chi connectivity index (χ2v) is 6.83. The van der Waals surface area contributed by atoms with Crippen molar-refractivity contribution in [3.05, 3.63) is 59.7 Å². The molecule has 0 spiro atoms. The van der Waals surface area contributed by atoms with Crippen LogP contribution in [-0.4, -0.2) is 56.1 Å². The number of amides is 1. The quantitative estimate of drug-likeness (QED) is 0.780. The van der Waals surface area contributed by atoms with Gasteiger partial charge in [0.25, 0.3) is 0 Å². The fraction of sp³-hybridized carbons (Fsp3) is 0.364. The first-order chi connectivity index (χ1) is 13.6. The Kier molecular flexibility index (Phi) is 6.53. The van der Waals surface area contributed by atoms with E-state index >= 15 is 0 Å². The van der Waals surface area contributed by atoms with Gasteiger partial charge in [0.2, 0.25) is 5.91 Å². The molecule has 148 valence electrons. The van der Waals surface area contributed by atoms with Crippen molar-refractivity contribution in [3.63, 3.8) is 0 Å². The van der Waals surface area contributed by atoms with Crippen molar-refractivity contribution in [2.45, 2.75) is 13.8 Å². The van der Waals surface area contributed by atoms with Gasteiger partial charge >= 0.3 is 5.97 Å². The van der Waals surface area contributed by atoms with Crippen LogP contribution in [0.1, 0.15) is 22.8 Å². The number of nitrogens with one attached hydrogen (secondary N) is 1. The lowest BCUT2D eigenvalue weighted by molar-refractivity contribution is -0.129. The van der Waals surface area contributed by atoms with E-state index in [4.69, 9.17) is 4.74 Å². The summed E-state index contributed by atoms with van der Waals surface area (Å²) in [5.74, 6) is -0.354. The molecule has 3 rings (SSSR count). The maximum atomic E-state index is 12.6. The highest BCUT2D eigenvalue weighted by molar-refractivity contribution is 5.96. The summed E-state index contributed by atoms with van der Waals surface area (Å²) in [5, 5.41) is 3.09. The lowest BCUT2D eigenvalue weighted by Crippen LogP contribution is -2.50. The van der Waals surface area contributed by atoms with Crippen molar-refractivity contribution in [1.29, 1.82) is 0 Å². The Balaban J connectivity index is 1.54. The summed E-state index contributed by atoms with van der Waals surface area (Å²) in [6, 6.07) is 15.5. The van der Waals surface area contributed by atoms with E-state index in [0.717, 1.165) is 13.1 Å². The maximum absolute atomic E-state index is 12.6. The Morgan fingerprint density at radius 1 is 1.04 bits per heavy atom. The maximum Gasteiger partial charge on any atom is 0.340 e. The van der Waals surface area contributed by atoms with Gasteiger partial charge in [0.05, 0.1) is 18.7 Å². The SMILES string of the molecule is CCOC(=O)c1ccccc1NCC(=O)N1CCN(c2cccc(C)c2)CC1. The molecule has 1 saturated heterocycles. The number of para-hydroxylation sites is 1. The largest absolute Gasteiger partial charge is 0.462 e. The number of hydrogen-bond acceptors (Lipinski definition) is 5. The zero-order valence-corrected chi connectivity index (χ0v) is 16.5. The lowest BCUT2D eigenvalue weighted by Gasteiger charge is -2.36. The van der Waals surface area contributed by atoms with Crippen LogP contribution in [0.15, 0.2) is 48.5 Å². The molecule has 0 atom stereocenters. The first kappa shape index (κ1) is 19.7. The van der Waals surface area contributed by atoms with E-state index in [0.29, 0.717) is 30.9 Å². The van der Waals surface area contributed by atoms with Gasteiger partial charge in [-0.3, -0.25) is 4.79 Å². The van der Waals surface area contributed by atoms with Crippen LogP contribution in [0.5, 0.6) is 0 Å². The average Bonchev–Trinajstić information content (AvgIpc) is 2.72. The predicted octanol–water partition coefficient (Wildman–Crippen LogP) is 2.93. The molecule has 2 aromatic rings. The molecule has 0 unspecified atom stereocenters. The summed E-state index contributed by atoms with van der Waals surface area (Å²) in [5.41, 5.74) is 3.50. The molecule has 6 heteroatoms. The number of aryl methyl sites for hydroxylation is 1. The second-order valence-electron chi connectivity index (χ2n) is 6.83. The number of carbonyl (C=O) groups excluding carboxylic acids is 2. The Morgan fingerprint density at radius 2 is 1.79 bits per heavy atom. The predicted molar refractivity (Wildman–Crippen MR) is 111 cm³/mol. The minimum absolute atomic E-state index is 0.0301. The minimum atomic E-state index is -0.384. The molecule has 0 saturated carbocycles. The van der Waals surface area contributed by atoms with Crippen molar-refractivity contribution in [3.8, 4) is 0 Å². The number of rotatable bonds is 6. The van der Waals surface area contributed by atoms with Gasteiger partial charge in [-0.05, 0) is 43.7 Å². The molecule has 1 amide bonds. The molecule has 0 radical (unpaired) electrons. The van der Waals surface area contributed by atoms with Gasteiger partial charge in [0.1, 0.15) is 0 Å². The molecule has 1 N–H and O–H groups in total. The van der Waals surface area contributed by atoms with Crippen LogP contribution in [0, 0.1) is 6.92 Å². The Bertz CT molecular complexity index is 829. The molecular weight excluding hydrogens is 354 g/mol. The molecule has 1 fully saturated rings. The lowest BCUT2D eigenvalue weighted by atomic mass is 10.1. The number of esters is 1. The van der Waals surface area contributed by atoms with Gasteiger partial charge in [-0.1, -0.05) is 24.3 Å². The van der Waals surface area contributed by atoms with Crippen LogP contribution in [0.4, 0.5) is 11.4 Å². The van der Waals surface area contributed by atoms with E-state index in [1.54, 1.807) is 25.1 Å². The third-order valence-electron chi connectivity index (χ3n) is 4.85. The van der Waals surface area contributed by atoms with Crippen molar-refractivity contribution in [2.24, 2.45) is 0 Å². The van der Waals surface area contributed by atoms with E-state index in [9.17, 15) is 9.59 Å². The van der Waals surface area contributed by atoms with Crippen molar-refractivity contribution >= 4 is 23.3 Å². The number of anilines is 2. The van der Waals surface area contributed by atoms with Crippen LogP contribution in [-0.2, 0) is 9.53 Å². The van der Waals surface area contributed by atoms with Crippen LogP contribution in [0.3, 0.4) is 0 Å². The third kappa shape index (κ3) is 4.82. The summed E-state index contributed by atoms with van der Waals surface area (Å²) in [6.07, 6.45) is 0. The fourth-order valence-electron chi connectivity index (χ4n) is 3.35. The molecule has 1 aliphatic rings. The van der Waals surface area contributed by atoms with Crippen LogP contribution >= 0.6 is 0 Å². The standard InChI is InChI=1S/C22H27N3O3/c1-3-28-22(27)19-9-4-5-10-20(19)23-16-21(26)25-13-11-24(12-14-25)18-8-6-7-17(2)15-18/h4-10,15,23H,3,11-14,16H2,1-2H3. The second kappa shape index (κ2) is 9.26. The molecule has 28 heavy (non-hydrogen) atoms. The summed E-state index contributed by atoms with van der Waals surface area (Å²) in [6.45, 7) is 7.33. The highest BCUT2D eigenvalue weighted by Crippen LogP contribution is 2.19. The number of hydrogen-bond donors (Lipinski definition) is 1. The highest BCUT2D eigenvalue weighted by Gasteiger charge is 2.21. The molecule has 0 aliphatic carbocycles. The third-order valence-corrected chi connectivity index (χ3v) is 4.85. The summed E-state index contributed by atoms with van der Waals surface area (Å²) in [7, 11) is 0. The van der Waals surface area contributed by atoms with E-state index in [-0.39, 0.29) is 18.4 Å². The topological polar surface area (TPSA) is 61.9 Å². The molecule has 1 aliphatic heterocycles. The molecule has 0 aromatic heterocycles. The number of nitrogens with zero attached hydrogens (tertiary/aromatic N) is 2. The van der Waals surface area contributed by atoms with Crippen molar-refractivity contribution in [2.75, 3.05) is 49.5 Å². The van der Waals surface area contributed by atoms with Gasteiger partial charge < -0.3 is 19.9 Å². The molecule has 1 heterocycles. The van der Waals surface area contributed by atoms with Crippen LogP contribution in [0.25, 0.3) is 0 Å². The number of benzene rings is 2. The fourth-order valence-corrected chi connectivity index (χ4v) is 3.35. The van der Waals surface area contributed by atoms with Crippen LogP contribution in [0.2, 0.25) is 0 Å². The van der Waals surface area contributed by atoms with Gasteiger partial charge in [0.15, 0.2) is 0 Å². The minimum Gasteiger partial charge on any atom is -0.462 e. The average molecular weight is 381 g/mol. The first-order valence-electron chi connectivity index (χ1n) is 9.68. The Hall–Kier alpha value is -3.02. The summed E-state index contributed by atoms with van der Waals surface area (Å²) >= 11 is 0. The first-order valence-corrected chi connectivity index (χ1v) is 9.68. The zero-order chi connectivity index (χ0) is 19.9. The van der Waals surface area contributed by atoms with Gasteiger partial charge in [-0.15, -0.1) is 0 Å². The van der Waals surface area contributed by atoms with Crippen molar-refractivity contribution in [1.82, 2.24) is 4.90 Å². The van der Waals surface area contributed by atoms with E-state index in [1.165, 1.54) is 11.3 Å². The zero-order valence-electron chi connectivity index (χ0n) is 16.5. The molecule has 0 bridgehead atoms. The van der Waals surface area contributed by atoms with E-state index in [2.05, 4.69) is 41.4 Å². The molecule has 6 nitrogen and oxygen atoms in total. The van der Waals surface area contributed by atoms with Gasteiger partial charge in [0, 0.05) is 37.6 Å². The monoisotopic (exact) mass is 381 g/mol. The molecule has 2 aromatic carbocycles. The summed E-state index contributed by atoms with van der Waals surface area (Å²) in [4.78, 5) is 28.8. The molecular formula is C22H27N3O3. The smallest absolute Gasteiger partial charge is 0.340 e. The number of ether oxygens (including phenoxy) is 1. The Labute approximate surface area is 166 Å². The van der Waals surface area contributed by atoms with Crippen LogP contribution < -0.4 is 10.2 Å². The Morgan fingerprint density at radius 3 is 2.50 bits per heavy atom. The van der Waals surface area contributed by atoms with Crippen molar-refractivity contribution < 1.29 is 14.3 Å². The van der Waals surface area contributed by atoms with Gasteiger partial charge in [-0.2, -0.15) is 0 Å². The summed E-state index contributed by atoms with van der Waals surface area (Å²) < 4.78 is 5.07. The number of piperazine rings is 1. The van der Waals surface area contributed by atoms with E-state index < -0.39 is 0 Å². The normalized spacial score (nSPS) is 13.9.